The summed E-state index contributed by atoms with van der Waals surface area (Å²) in [5.74, 6) is 1.23. The molecule has 9 nitrogen and oxygen atoms in total. The summed E-state index contributed by atoms with van der Waals surface area (Å²) in [5, 5.41) is 19.6. The molecule has 130 valence electrons. The lowest BCUT2D eigenvalue weighted by Gasteiger charge is -2.08. The van der Waals surface area contributed by atoms with E-state index in [0.29, 0.717) is 28.3 Å². The Hall–Kier alpha value is -3.75. The van der Waals surface area contributed by atoms with E-state index in [4.69, 9.17) is 4.74 Å². The highest BCUT2D eigenvalue weighted by Gasteiger charge is 2.15. The quantitative estimate of drug-likeness (QED) is 0.412. The van der Waals surface area contributed by atoms with Crippen molar-refractivity contribution in [2.75, 3.05) is 0 Å². The molecule has 0 radical (unpaired) electrons. The molecular formula is C17H13N5O4. The third-order valence-corrected chi connectivity index (χ3v) is 4.09. The van der Waals surface area contributed by atoms with Crippen molar-refractivity contribution in [2.24, 2.45) is 7.05 Å². The summed E-state index contributed by atoms with van der Waals surface area (Å²) in [6.07, 6.45) is 0. The summed E-state index contributed by atoms with van der Waals surface area (Å²) in [7, 11) is 1.63. The van der Waals surface area contributed by atoms with Gasteiger partial charge in [-0.05, 0) is 18.2 Å². The molecule has 26 heavy (non-hydrogen) atoms. The van der Waals surface area contributed by atoms with Crippen LogP contribution in [0, 0.1) is 10.1 Å². The fourth-order valence-corrected chi connectivity index (χ4v) is 2.82. The predicted molar refractivity (Wildman–Crippen MR) is 93.2 cm³/mol. The van der Waals surface area contributed by atoms with Crippen molar-refractivity contribution < 1.29 is 9.66 Å². The van der Waals surface area contributed by atoms with E-state index >= 15 is 0 Å². The van der Waals surface area contributed by atoms with Gasteiger partial charge in [0.25, 0.3) is 11.2 Å². The number of nitro benzene ring substituents is 1. The standard InChI is InChI=1S/C17H13N5O4/c1-20-16(23)13-7-2-3-8-14(13)21-15(18-19-17(20)21)10-26-12-6-4-5-11(9-12)22(24)25/h2-9H,10H2,1H3. The van der Waals surface area contributed by atoms with Crippen LogP contribution in [0.1, 0.15) is 5.82 Å². The zero-order valence-corrected chi connectivity index (χ0v) is 13.7. The third kappa shape index (κ3) is 2.46. The molecule has 9 heteroatoms. The molecule has 0 aliphatic carbocycles. The second-order valence-corrected chi connectivity index (χ2v) is 5.68. The minimum absolute atomic E-state index is 0.0462. The van der Waals surface area contributed by atoms with Crippen molar-refractivity contribution >= 4 is 22.4 Å². The molecule has 0 saturated carbocycles. The van der Waals surface area contributed by atoms with Crippen LogP contribution < -0.4 is 10.3 Å². The molecule has 0 aliphatic rings. The van der Waals surface area contributed by atoms with Gasteiger partial charge in [0.2, 0.25) is 5.78 Å². The van der Waals surface area contributed by atoms with Crippen molar-refractivity contribution in [1.82, 2.24) is 19.2 Å². The van der Waals surface area contributed by atoms with Gasteiger partial charge in [-0.2, -0.15) is 0 Å². The smallest absolute Gasteiger partial charge is 0.273 e. The lowest BCUT2D eigenvalue weighted by molar-refractivity contribution is -0.384. The molecule has 0 spiro atoms. The first-order valence-electron chi connectivity index (χ1n) is 7.75. The number of para-hydroxylation sites is 1. The minimum Gasteiger partial charge on any atom is -0.485 e. The normalized spacial score (nSPS) is 11.1. The maximum atomic E-state index is 12.4. The minimum atomic E-state index is -0.484. The molecule has 2 aromatic heterocycles. The second kappa shape index (κ2) is 5.96. The Kier molecular flexibility index (Phi) is 3.61. The number of hydrogen-bond donors (Lipinski definition) is 0. The van der Waals surface area contributed by atoms with Gasteiger partial charge in [-0.15, -0.1) is 10.2 Å². The van der Waals surface area contributed by atoms with Crippen LogP contribution in [-0.4, -0.2) is 24.1 Å². The van der Waals surface area contributed by atoms with Crippen LogP contribution in [0.5, 0.6) is 5.75 Å². The van der Waals surface area contributed by atoms with Gasteiger partial charge in [0.1, 0.15) is 12.4 Å². The van der Waals surface area contributed by atoms with Crippen LogP contribution in [0.3, 0.4) is 0 Å². The molecule has 0 bridgehead atoms. The third-order valence-electron chi connectivity index (χ3n) is 4.09. The van der Waals surface area contributed by atoms with Crippen LogP contribution >= 0.6 is 0 Å². The van der Waals surface area contributed by atoms with Gasteiger partial charge in [-0.1, -0.05) is 18.2 Å². The van der Waals surface area contributed by atoms with Crippen LogP contribution in [-0.2, 0) is 13.7 Å². The molecule has 0 N–H and O–H groups in total. The number of hydrogen-bond acceptors (Lipinski definition) is 6. The fourth-order valence-electron chi connectivity index (χ4n) is 2.82. The average molecular weight is 351 g/mol. The molecule has 2 aromatic carbocycles. The Balaban J connectivity index is 1.77. The maximum Gasteiger partial charge on any atom is 0.273 e. The molecule has 2 heterocycles. The largest absolute Gasteiger partial charge is 0.485 e. The van der Waals surface area contributed by atoms with Gasteiger partial charge in [0.05, 0.1) is 21.9 Å². The van der Waals surface area contributed by atoms with E-state index in [-0.39, 0.29) is 17.9 Å². The Morgan fingerprint density at radius 1 is 1.15 bits per heavy atom. The highest BCUT2D eigenvalue weighted by molar-refractivity contribution is 5.80. The van der Waals surface area contributed by atoms with Crippen molar-refractivity contribution in [3.05, 3.63) is 74.8 Å². The summed E-state index contributed by atoms with van der Waals surface area (Å²) in [5.41, 5.74) is 0.460. The number of aryl methyl sites for hydroxylation is 1. The van der Waals surface area contributed by atoms with Gasteiger partial charge in [0.15, 0.2) is 5.82 Å². The van der Waals surface area contributed by atoms with Crippen molar-refractivity contribution in [1.29, 1.82) is 0 Å². The molecule has 0 aliphatic heterocycles. The number of nitrogens with zero attached hydrogens (tertiary/aromatic N) is 5. The van der Waals surface area contributed by atoms with Gasteiger partial charge >= 0.3 is 0 Å². The number of ether oxygens (including phenoxy) is 1. The Labute approximate surface area is 146 Å². The van der Waals surface area contributed by atoms with E-state index in [2.05, 4.69) is 10.2 Å². The van der Waals surface area contributed by atoms with Crippen molar-refractivity contribution in [2.45, 2.75) is 6.61 Å². The monoisotopic (exact) mass is 351 g/mol. The number of fused-ring (bicyclic) bond motifs is 3. The van der Waals surface area contributed by atoms with Gasteiger partial charge in [-0.25, -0.2) is 0 Å². The molecule has 0 amide bonds. The summed E-state index contributed by atoms with van der Waals surface area (Å²) >= 11 is 0. The summed E-state index contributed by atoms with van der Waals surface area (Å²) in [6.45, 7) is 0.0462. The Morgan fingerprint density at radius 3 is 2.77 bits per heavy atom. The second-order valence-electron chi connectivity index (χ2n) is 5.68. The van der Waals surface area contributed by atoms with Crippen LogP contribution in [0.25, 0.3) is 16.7 Å². The number of non-ortho nitro benzene ring substituents is 1. The van der Waals surface area contributed by atoms with Crippen LogP contribution in [0.4, 0.5) is 5.69 Å². The molecule has 4 aromatic rings. The van der Waals surface area contributed by atoms with Gasteiger partial charge in [-0.3, -0.25) is 23.9 Å². The Bertz CT molecular complexity index is 1210. The lowest BCUT2D eigenvalue weighted by atomic mass is 10.2. The van der Waals surface area contributed by atoms with E-state index in [9.17, 15) is 14.9 Å². The van der Waals surface area contributed by atoms with E-state index in [1.165, 1.54) is 16.7 Å². The van der Waals surface area contributed by atoms with Crippen molar-refractivity contribution in [3.63, 3.8) is 0 Å². The van der Waals surface area contributed by atoms with E-state index in [1.807, 2.05) is 12.1 Å². The van der Waals surface area contributed by atoms with Gasteiger partial charge < -0.3 is 4.74 Å². The topological polar surface area (TPSA) is 105 Å². The SMILES string of the molecule is Cn1c(=O)c2ccccc2n2c(COc3cccc([N+](=O)[O-])c3)nnc12. The first kappa shape index (κ1) is 15.8. The molecule has 0 atom stereocenters. The molecule has 4 rings (SSSR count). The zero-order valence-electron chi connectivity index (χ0n) is 13.7. The number of aromatic nitrogens is 4. The number of nitro groups is 1. The molecule has 0 unspecified atom stereocenters. The van der Waals surface area contributed by atoms with Crippen LogP contribution in [0.2, 0.25) is 0 Å². The average Bonchev–Trinajstić information content (AvgIpc) is 3.09. The first-order valence-corrected chi connectivity index (χ1v) is 7.75. The predicted octanol–water partition coefficient (Wildman–Crippen LogP) is 2.07. The highest BCUT2D eigenvalue weighted by Crippen LogP contribution is 2.20. The Morgan fingerprint density at radius 2 is 1.96 bits per heavy atom. The van der Waals surface area contributed by atoms with E-state index in [1.54, 1.807) is 35.7 Å². The zero-order chi connectivity index (χ0) is 18.3. The summed E-state index contributed by atoms with van der Waals surface area (Å²) in [6, 6.07) is 13.1. The van der Waals surface area contributed by atoms with Crippen molar-refractivity contribution in [3.8, 4) is 5.75 Å². The molecule has 0 saturated heterocycles. The molecule has 0 fully saturated rings. The maximum absolute atomic E-state index is 12.4. The summed E-state index contributed by atoms with van der Waals surface area (Å²) in [4.78, 5) is 22.8. The lowest BCUT2D eigenvalue weighted by Crippen LogP contribution is -2.20. The highest BCUT2D eigenvalue weighted by atomic mass is 16.6. The molecular weight excluding hydrogens is 338 g/mol. The number of rotatable bonds is 4. The number of benzene rings is 2. The first-order chi connectivity index (χ1) is 12.6. The van der Waals surface area contributed by atoms with E-state index in [0.717, 1.165) is 0 Å². The van der Waals surface area contributed by atoms with Crippen LogP contribution in [0.15, 0.2) is 53.3 Å². The summed E-state index contributed by atoms with van der Waals surface area (Å²) < 4.78 is 8.82. The fraction of sp³-hybridized carbons (Fsp3) is 0.118. The van der Waals surface area contributed by atoms with Gasteiger partial charge in [0, 0.05) is 13.1 Å². The van der Waals surface area contributed by atoms with E-state index < -0.39 is 4.92 Å².